The van der Waals surface area contributed by atoms with E-state index >= 15 is 0 Å². The Balaban J connectivity index is 1.83. The molecule has 23 heavy (non-hydrogen) atoms. The summed E-state index contributed by atoms with van der Waals surface area (Å²) >= 11 is 8.74. The molecular weight excluding hydrogens is 376 g/mol. The number of benzene rings is 2. The van der Waals surface area contributed by atoms with E-state index in [9.17, 15) is 0 Å². The number of ether oxygens (including phenoxy) is 2. The lowest BCUT2D eigenvalue weighted by molar-refractivity contribution is 0.354. The number of anilines is 1. The minimum Gasteiger partial charge on any atom is -0.493 e. The van der Waals surface area contributed by atoms with Crippen LogP contribution in [0.4, 0.5) is 5.69 Å². The first-order valence-electron chi connectivity index (χ1n) is 7.13. The van der Waals surface area contributed by atoms with E-state index in [0.29, 0.717) is 5.11 Å². The van der Waals surface area contributed by atoms with Crippen LogP contribution < -0.4 is 20.1 Å². The maximum atomic E-state index is 5.31. The van der Waals surface area contributed by atoms with Crippen LogP contribution in [-0.4, -0.2) is 25.9 Å². The maximum absolute atomic E-state index is 5.31. The molecule has 0 aliphatic carbocycles. The van der Waals surface area contributed by atoms with Gasteiger partial charge in [0.15, 0.2) is 16.6 Å². The van der Waals surface area contributed by atoms with Crippen molar-refractivity contribution < 1.29 is 9.47 Å². The van der Waals surface area contributed by atoms with Gasteiger partial charge in [-0.3, -0.25) is 0 Å². The Morgan fingerprint density at radius 1 is 1.09 bits per heavy atom. The van der Waals surface area contributed by atoms with Crippen LogP contribution >= 0.6 is 28.1 Å². The number of hydrogen-bond donors (Lipinski definition) is 2. The number of methoxy groups -OCH3 is 2. The molecule has 0 aliphatic rings. The van der Waals surface area contributed by atoms with Crippen LogP contribution in [0.5, 0.6) is 11.5 Å². The summed E-state index contributed by atoms with van der Waals surface area (Å²) in [6, 6.07) is 13.8. The average molecular weight is 395 g/mol. The molecule has 0 spiro atoms. The predicted octanol–water partition coefficient (Wildman–Crippen LogP) is 4.00. The molecule has 2 aromatic rings. The van der Waals surface area contributed by atoms with Crippen molar-refractivity contribution in [1.82, 2.24) is 5.32 Å². The largest absolute Gasteiger partial charge is 0.493 e. The van der Waals surface area contributed by atoms with Gasteiger partial charge in [0, 0.05) is 16.7 Å². The highest BCUT2D eigenvalue weighted by Gasteiger charge is 2.05. The highest BCUT2D eigenvalue weighted by Crippen LogP contribution is 2.27. The summed E-state index contributed by atoms with van der Waals surface area (Å²) in [5.74, 6) is 1.47. The predicted molar refractivity (Wildman–Crippen MR) is 102 cm³/mol. The van der Waals surface area contributed by atoms with Gasteiger partial charge < -0.3 is 20.1 Å². The summed E-state index contributed by atoms with van der Waals surface area (Å²) < 4.78 is 11.6. The Morgan fingerprint density at radius 2 is 1.87 bits per heavy atom. The van der Waals surface area contributed by atoms with Gasteiger partial charge in [0.25, 0.3) is 0 Å². The van der Waals surface area contributed by atoms with Crippen LogP contribution in [-0.2, 0) is 6.42 Å². The molecule has 4 nitrogen and oxygen atoms in total. The normalized spacial score (nSPS) is 10.0. The minimum absolute atomic E-state index is 0.601. The van der Waals surface area contributed by atoms with Gasteiger partial charge in [-0.05, 0) is 54.5 Å². The fourth-order valence-corrected chi connectivity index (χ4v) is 2.72. The van der Waals surface area contributed by atoms with Crippen molar-refractivity contribution in [3.8, 4) is 11.5 Å². The Kier molecular flexibility index (Phi) is 6.67. The molecule has 0 aromatic heterocycles. The number of nitrogens with one attached hydrogen (secondary N) is 2. The van der Waals surface area contributed by atoms with Gasteiger partial charge in [-0.25, -0.2) is 0 Å². The molecule has 0 bridgehead atoms. The Morgan fingerprint density at radius 3 is 2.57 bits per heavy atom. The molecule has 2 aromatic carbocycles. The fourth-order valence-electron chi connectivity index (χ4n) is 2.10. The molecule has 0 heterocycles. The Bertz CT molecular complexity index is 679. The Labute approximate surface area is 150 Å². The Hall–Kier alpha value is -1.79. The molecule has 122 valence electrons. The molecule has 0 unspecified atom stereocenters. The average Bonchev–Trinajstić information content (AvgIpc) is 2.54. The second-order valence-electron chi connectivity index (χ2n) is 4.83. The molecule has 0 fully saturated rings. The third kappa shape index (κ3) is 5.41. The lowest BCUT2D eigenvalue weighted by Gasteiger charge is -2.12. The first-order valence-corrected chi connectivity index (χ1v) is 8.34. The number of hydrogen-bond acceptors (Lipinski definition) is 3. The molecule has 0 aliphatic heterocycles. The van der Waals surface area contributed by atoms with E-state index in [2.05, 4.69) is 26.6 Å². The van der Waals surface area contributed by atoms with E-state index in [0.717, 1.165) is 40.2 Å². The van der Waals surface area contributed by atoms with Gasteiger partial charge >= 0.3 is 0 Å². The van der Waals surface area contributed by atoms with Gasteiger partial charge in [-0.2, -0.15) is 0 Å². The van der Waals surface area contributed by atoms with Gasteiger partial charge in [0.05, 0.1) is 14.2 Å². The molecule has 0 radical (unpaired) electrons. The molecular formula is C17H19BrN2O2S. The number of halogens is 1. The lowest BCUT2D eigenvalue weighted by Crippen LogP contribution is -2.30. The monoisotopic (exact) mass is 394 g/mol. The standard InChI is InChI=1S/C17H19BrN2O2S/c1-21-15-7-6-12(10-16(15)22-2)8-9-19-17(23)20-14-5-3-4-13(18)11-14/h3-7,10-11H,8-9H2,1-2H3,(H2,19,20,23). The number of rotatable bonds is 6. The SMILES string of the molecule is COc1ccc(CCNC(=S)Nc2cccc(Br)c2)cc1OC. The van der Waals surface area contributed by atoms with Crippen molar-refractivity contribution in [1.29, 1.82) is 0 Å². The highest BCUT2D eigenvalue weighted by molar-refractivity contribution is 9.10. The summed E-state index contributed by atoms with van der Waals surface area (Å²) in [7, 11) is 3.27. The van der Waals surface area contributed by atoms with Gasteiger partial charge in [-0.15, -0.1) is 0 Å². The van der Waals surface area contributed by atoms with Crippen LogP contribution in [0.3, 0.4) is 0 Å². The summed E-state index contributed by atoms with van der Waals surface area (Å²) in [6.45, 7) is 0.731. The van der Waals surface area contributed by atoms with Crippen molar-refractivity contribution in [2.75, 3.05) is 26.1 Å². The van der Waals surface area contributed by atoms with Crippen LogP contribution in [0, 0.1) is 0 Å². The zero-order chi connectivity index (χ0) is 16.7. The third-order valence-electron chi connectivity index (χ3n) is 3.23. The van der Waals surface area contributed by atoms with E-state index in [1.54, 1.807) is 14.2 Å². The van der Waals surface area contributed by atoms with E-state index in [4.69, 9.17) is 21.7 Å². The maximum Gasteiger partial charge on any atom is 0.170 e. The van der Waals surface area contributed by atoms with Gasteiger partial charge in [-0.1, -0.05) is 28.1 Å². The molecule has 0 saturated heterocycles. The molecule has 0 saturated carbocycles. The van der Waals surface area contributed by atoms with Crippen molar-refractivity contribution in [2.24, 2.45) is 0 Å². The summed E-state index contributed by atoms with van der Waals surface area (Å²) in [5, 5.41) is 6.95. The zero-order valence-electron chi connectivity index (χ0n) is 13.1. The van der Waals surface area contributed by atoms with E-state index in [1.165, 1.54) is 0 Å². The third-order valence-corrected chi connectivity index (χ3v) is 3.97. The van der Waals surface area contributed by atoms with Crippen molar-refractivity contribution in [3.05, 3.63) is 52.5 Å². The lowest BCUT2D eigenvalue weighted by atomic mass is 10.1. The molecule has 2 N–H and O–H groups in total. The van der Waals surface area contributed by atoms with Crippen molar-refractivity contribution in [2.45, 2.75) is 6.42 Å². The smallest absolute Gasteiger partial charge is 0.170 e. The van der Waals surface area contributed by atoms with Crippen LogP contribution in [0.15, 0.2) is 46.9 Å². The second kappa shape index (κ2) is 8.74. The van der Waals surface area contributed by atoms with E-state index < -0.39 is 0 Å². The molecule has 0 amide bonds. The summed E-state index contributed by atoms with van der Waals surface area (Å²) in [6.07, 6.45) is 0.834. The van der Waals surface area contributed by atoms with Crippen molar-refractivity contribution >= 4 is 38.9 Å². The van der Waals surface area contributed by atoms with Crippen molar-refractivity contribution in [3.63, 3.8) is 0 Å². The quantitative estimate of drug-likeness (QED) is 0.724. The minimum atomic E-state index is 0.601. The first-order chi connectivity index (χ1) is 11.1. The number of thiocarbonyl (C=S) groups is 1. The molecule has 6 heteroatoms. The summed E-state index contributed by atoms with van der Waals surface area (Å²) in [4.78, 5) is 0. The topological polar surface area (TPSA) is 42.5 Å². The fraction of sp³-hybridized carbons (Fsp3) is 0.235. The first kappa shape index (κ1) is 17.6. The van der Waals surface area contributed by atoms with Crippen LogP contribution in [0.2, 0.25) is 0 Å². The van der Waals surface area contributed by atoms with E-state index in [-0.39, 0.29) is 0 Å². The molecule has 2 rings (SSSR count). The van der Waals surface area contributed by atoms with E-state index in [1.807, 2.05) is 42.5 Å². The zero-order valence-corrected chi connectivity index (χ0v) is 15.5. The van der Waals surface area contributed by atoms with Gasteiger partial charge in [0.1, 0.15) is 0 Å². The van der Waals surface area contributed by atoms with Crippen LogP contribution in [0.1, 0.15) is 5.56 Å². The molecule has 0 atom stereocenters. The highest BCUT2D eigenvalue weighted by atomic mass is 79.9. The second-order valence-corrected chi connectivity index (χ2v) is 6.15. The van der Waals surface area contributed by atoms with Gasteiger partial charge in [0.2, 0.25) is 0 Å². The summed E-state index contributed by atoms with van der Waals surface area (Å²) in [5.41, 5.74) is 2.10. The van der Waals surface area contributed by atoms with Crippen LogP contribution in [0.25, 0.3) is 0 Å².